The average molecular weight is 376 g/mol. The maximum atomic E-state index is 13.4. The number of aliphatic carboxylic acids is 1. The van der Waals surface area contributed by atoms with E-state index in [1.807, 2.05) is 20.8 Å². The number of carboxylic acid groups (broad SMARTS) is 1. The van der Waals surface area contributed by atoms with Crippen molar-refractivity contribution in [2.75, 3.05) is 0 Å². The molecule has 7 heteroatoms. The van der Waals surface area contributed by atoms with E-state index in [0.29, 0.717) is 0 Å². The van der Waals surface area contributed by atoms with Crippen molar-refractivity contribution in [2.45, 2.75) is 82.2 Å². The van der Waals surface area contributed by atoms with E-state index < -0.39 is 41.1 Å². The van der Waals surface area contributed by atoms with Crippen molar-refractivity contribution in [3.05, 3.63) is 12.2 Å². The van der Waals surface area contributed by atoms with Crippen LogP contribution in [-0.2, 0) is 19.1 Å². The molecule has 2 amide bonds. The zero-order valence-electron chi connectivity index (χ0n) is 16.1. The van der Waals surface area contributed by atoms with Crippen LogP contribution in [0.2, 0.25) is 0 Å². The summed E-state index contributed by atoms with van der Waals surface area (Å²) in [6, 6.07) is -0.737. The first-order chi connectivity index (χ1) is 12.7. The molecule has 4 rings (SSSR count). The van der Waals surface area contributed by atoms with Gasteiger partial charge in [-0.15, -0.1) is 0 Å². The second-order valence-electron chi connectivity index (χ2n) is 9.26. The minimum absolute atomic E-state index is 0.108. The zero-order chi connectivity index (χ0) is 19.6. The lowest BCUT2D eigenvalue weighted by molar-refractivity contribution is -0.151. The number of carboxylic acids is 1. The number of likely N-dealkylation sites (tertiary alicyclic amines) is 1. The summed E-state index contributed by atoms with van der Waals surface area (Å²) in [5.41, 5.74) is -1.81. The van der Waals surface area contributed by atoms with Crippen molar-refractivity contribution < 1.29 is 24.2 Å². The lowest BCUT2D eigenvalue weighted by Crippen LogP contribution is -2.60. The van der Waals surface area contributed by atoms with Crippen molar-refractivity contribution >= 4 is 17.8 Å². The molecule has 0 aromatic carbocycles. The maximum absolute atomic E-state index is 13.4. The highest BCUT2D eigenvalue weighted by Gasteiger charge is 2.74. The highest BCUT2D eigenvalue weighted by molar-refractivity contribution is 5.99. The molecule has 2 N–H and O–H groups in total. The Bertz CT molecular complexity index is 706. The van der Waals surface area contributed by atoms with Crippen LogP contribution in [0, 0.1) is 11.8 Å². The smallest absolute Gasteiger partial charge is 0.310 e. The van der Waals surface area contributed by atoms with Gasteiger partial charge in [0, 0.05) is 11.6 Å². The van der Waals surface area contributed by atoms with E-state index in [0.717, 1.165) is 25.7 Å². The molecule has 148 valence electrons. The van der Waals surface area contributed by atoms with E-state index in [9.17, 15) is 19.5 Å². The Morgan fingerprint density at radius 3 is 2.52 bits per heavy atom. The van der Waals surface area contributed by atoms with Gasteiger partial charge in [-0.2, -0.15) is 0 Å². The number of ether oxygens (including phenoxy) is 1. The number of nitrogens with zero attached hydrogens (tertiary/aromatic N) is 1. The summed E-state index contributed by atoms with van der Waals surface area (Å²) < 4.78 is 6.06. The van der Waals surface area contributed by atoms with Crippen LogP contribution in [0.25, 0.3) is 0 Å². The average Bonchev–Trinajstić information content (AvgIpc) is 3.22. The Morgan fingerprint density at radius 1 is 1.26 bits per heavy atom. The standard InChI is InChI=1S/C20H28N2O5/c1-19(2,3)22-15(16(23)21-11-7-5-4-6-8-11)20-10-9-12(27-20)13(18(25)26)14(20)17(22)24/h9-15H,4-8H2,1-3H3,(H,21,23)(H,25,26). The van der Waals surface area contributed by atoms with Crippen LogP contribution in [0.1, 0.15) is 52.9 Å². The molecular formula is C20H28N2O5. The van der Waals surface area contributed by atoms with Crippen LogP contribution < -0.4 is 5.32 Å². The molecule has 3 aliphatic heterocycles. The quantitative estimate of drug-likeness (QED) is 0.727. The molecule has 3 fully saturated rings. The van der Waals surface area contributed by atoms with E-state index in [4.69, 9.17) is 4.74 Å². The number of hydrogen-bond acceptors (Lipinski definition) is 4. The van der Waals surface area contributed by atoms with E-state index >= 15 is 0 Å². The summed E-state index contributed by atoms with van der Waals surface area (Å²) >= 11 is 0. The molecule has 0 radical (unpaired) electrons. The Hall–Kier alpha value is -1.89. The minimum atomic E-state index is -1.18. The SMILES string of the molecule is CC(C)(C)N1C(=O)C2C(C(=O)O)C3C=CC2(O3)C1C(=O)NC1CCCCC1. The van der Waals surface area contributed by atoms with Crippen molar-refractivity contribution in [1.29, 1.82) is 0 Å². The van der Waals surface area contributed by atoms with Crippen molar-refractivity contribution in [3.63, 3.8) is 0 Å². The third-order valence-electron chi connectivity index (χ3n) is 6.48. The number of carbonyl (C=O) groups is 3. The highest BCUT2D eigenvalue weighted by Crippen LogP contribution is 2.56. The third-order valence-corrected chi connectivity index (χ3v) is 6.48. The molecule has 5 unspecified atom stereocenters. The van der Waals surface area contributed by atoms with Gasteiger partial charge in [0.15, 0.2) is 0 Å². The summed E-state index contributed by atoms with van der Waals surface area (Å²) in [7, 11) is 0. The summed E-state index contributed by atoms with van der Waals surface area (Å²) in [6.07, 6.45) is 8.05. The predicted molar refractivity (Wildman–Crippen MR) is 96.8 cm³/mol. The number of amides is 2. The van der Waals surface area contributed by atoms with Gasteiger partial charge in [0.25, 0.3) is 0 Å². The van der Waals surface area contributed by atoms with E-state index in [-0.39, 0.29) is 17.9 Å². The molecule has 5 atom stereocenters. The number of carbonyl (C=O) groups excluding carboxylic acids is 2. The van der Waals surface area contributed by atoms with Crippen LogP contribution in [0.5, 0.6) is 0 Å². The van der Waals surface area contributed by atoms with Crippen molar-refractivity contribution in [1.82, 2.24) is 10.2 Å². The van der Waals surface area contributed by atoms with Gasteiger partial charge in [-0.25, -0.2) is 0 Å². The fourth-order valence-corrected chi connectivity index (χ4v) is 5.40. The Morgan fingerprint density at radius 2 is 1.93 bits per heavy atom. The molecule has 1 saturated carbocycles. The van der Waals surface area contributed by atoms with Gasteiger partial charge < -0.3 is 20.1 Å². The molecule has 0 aromatic rings. The molecular weight excluding hydrogens is 348 g/mol. The van der Waals surface area contributed by atoms with Gasteiger partial charge >= 0.3 is 5.97 Å². The summed E-state index contributed by atoms with van der Waals surface area (Å²) in [4.78, 5) is 40.1. The Kier molecular flexibility index (Phi) is 4.14. The fraction of sp³-hybridized carbons (Fsp3) is 0.750. The topological polar surface area (TPSA) is 95.9 Å². The highest BCUT2D eigenvalue weighted by atomic mass is 16.5. The summed E-state index contributed by atoms with van der Waals surface area (Å²) in [6.45, 7) is 5.61. The fourth-order valence-electron chi connectivity index (χ4n) is 5.40. The van der Waals surface area contributed by atoms with Gasteiger partial charge in [-0.05, 0) is 33.6 Å². The summed E-state index contributed by atoms with van der Waals surface area (Å²) in [5.74, 6) is -3.38. The van der Waals surface area contributed by atoms with Crippen LogP contribution in [0.3, 0.4) is 0 Å². The number of nitrogens with one attached hydrogen (secondary N) is 1. The normalized spacial score (nSPS) is 38.3. The molecule has 3 heterocycles. The molecule has 4 aliphatic rings. The lowest BCUT2D eigenvalue weighted by atomic mass is 9.74. The Labute approximate surface area is 159 Å². The zero-order valence-corrected chi connectivity index (χ0v) is 16.1. The first kappa shape index (κ1) is 18.5. The van der Waals surface area contributed by atoms with E-state index in [1.54, 1.807) is 17.1 Å². The molecule has 2 bridgehead atoms. The van der Waals surface area contributed by atoms with E-state index in [2.05, 4.69) is 5.32 Å². The van der Waals surface area contributed by atoms with Crippen LogP contribution in [0.15, 0.2) is 12.2 Å². The third kappa shape index (κ3) is 2.62. The molecule has 7 nitrogen and oxygen atoms in total. The molecule has 2 saturated heterocycles. The molecule has 1 aliphatic carbocycles. The van der Waals surface area contributed by atoms with Crippen molar-refractivity contribution in [3.8, 4) is 0 Å². The molecule has 0 aromatic heterocycles. The first-order valence-corrected chi connectivity index (χ1v) is 9.90. The minimum Gasteiger partial charge on any atom is -0.481 e. The number of hydrogen-bond donors (Lipinski definition) is 2. The first-order valence-electron chi connectivity index (χ1n) is 9.90. The number of fused-ring (bicyclic) bond motifs is 1. The van der Waals surface area contributed by atoms with Crippen molar-refractivity contribution in [2.24, 2.45) is 11.8 Å². The van der Waals surface area contributed by atoms with Gasteiger partial charge in [0.1, 0.15) is 17.6 Å². The van der Waals surface area contributed by atoms with Gasteiger partial charge in [-0.3, -0.25) is 14.4 Å². The largest absolute Gasteiger partial charge is 0.481 e. The monoisotopic (exact) mass is 376 g/mol. The predicted octanol–water partition coefficient (Wildman–Crippen LogP) is 1.47. The molecule has 1 spiro atoms. The van der Waals surface area contributed by atoms with Gasteiger partial charge in [0.2, 0.25) is 11.8 Å². The lowest BCUT2D eigenvalue weighted by Gasteiger charge is -2.40. The van der Waals surface area contributed by atoms with Gasteiger partial charge in [-0.1, -0.05) is 31.4 Å². The maximum Gasteiger partial charge on any atom is 0.310 e. The number of rotatable bonds is 3. The second-order valence-corrected chi connectivity index (χ2v) is 9.26. The van der Waals surface area contributed by atoms with Crippen LogP contribution in [-0.4, -0.2) is 57.1 Å². The van der Waals surface area contributed by atoms with Gasteiger partial charge in [0.05, 0.1) is 12.0 Å². The van der Waals surface area contributed by atoms with Crippen LogP contribution in [0.4, 0.5) is 0 Å². The van der Waals surface area contributed by atoms with E-state index in [1.165, 1.54) is 6.42 Å². The molecule has 27 heavy (non-hydrogen) atoms. The summed E-state index contributed by atoms with van der Waals surface area (Å²) in [5, 5.41) is 12.8. The van der Waals surface area contributed by atoms with Crippen LogP contribution >= 0.6 is 0 Å². The Balaban J connectivity index is 1.71. The second kappa shape index (κ2) is 6.06.